The largest absolute Gasteiger partial charge is 0.396 e. The summed E-state index contributed by atoms with van der Waals surface area (Å²) in [5.74, 6) is -4.47. The van der Waals surface area contributed by atoms with Crippen LogP contribution in [0.4, 0.5) is 8.78 Å². The van der Waals surface area contributed by atoms with Crippen molar-refractivity contribution in [1.29, 1.82) is 0 Å². The molecule has 2 atom stereocenters. The van der Waals surface area contributed by atoms with Crippen molar-refractivity contribution in [3.8, 4) is 0 Å². The van der Waals surface area contributed by atoms with Gasteiger partial charge in [-0.3, -0.25) is 9.78 Å². The van der Waals surface area contributed by atoms with Crippen molar-refractivity contribution in [1.82, 2.24) is 9.55 Å². The summed E-state index contributed by atoms with van der Waals surface area (Å²) in [5, 5.41) is 8.62. The van der Waals surface area contributed by atoms with Crippen LogP contribution in [0.3, 0.4) is 0 Å². The Kier molecular flexibility index (Phi) is 3.34. The minimum Gasteiger partial charge on any atom is -0.396 e. The van der Waals surface area contributed by atoms with E-state index in [0.717, 1.165) is 10.6 Å². The summed E-state index contributed by atoms with van der Waals surface area (Å²) in [7, 11) is 0. The first-order valence-electron chi connectivity index (χ1n) is 5.75. The van der Waals surface area contributed by atoms with Gasteiger partial charge < -0.3 is 9.67 Å². The highest BCUT2D eigenvalue weighted by atomic mass is 19.3. The number of aliphatic hydroxyl groups is 1. The van der Waals surface area contributed by atoms with Crippen LogP contribution in [0, 0.1) is 11.8 Å². The maximum Gasteiger partial charge on any atom is 0.328 e. The minimum atomic E-state index is -2.79. The summed E-state index contributed by atoms with van der Waals surface area (Å²) < 4.78 is 27.9. The van der Waals surface area contributed by atoms with E-state index in [2.05, 4.69) is 0 Å². The van der Waals surface area contributed by atoms with Gasteiger partial charge in [0.1, 0.15) is 0 Å². The summed E-state index contributed by atoms with van der Waals surface area (Å²) in [6.45, 7) is -0.226. The molecule has 1 fully saturated rings. The molecule has 1 aliphatic carbocycles. The van der Waals surface area contributed by atoms with Crippen LogP contribution in [0.1, 0.15) is 12.8 Å². The molecule has 0 aliphatic heterocycles. The predicted octanol–water partition coefficient (Wildman–Crippen LogP) is 0.190. The Hall–Kier alpha value is -1.50. The van der Waals surface area contributed by atoms with E-state index in [-0.39, 0.29) is 19.6 Å². The fraction of sp³-hybridized carbons (Fsp3) is 0.636. The van der Waals surface area contributed by atoms with Crippen LogP contribution in [0.5, 0.6) is 0 Å². The van der Waals surface area contributed by atoms with Crippen molar-refractivity contribution >= 4 is 0 Å². The zero-order valence-corrected chi connectivity index (χ0v) is 9.60. The summed E-state index contributed by atoms with van der Waals surface area (Å²) in [4.78, 5) is 24.2. The number of alkyl halides is 2. The molecule has 0 spiro atoms. The highest BCUT2D eigenvalue weighted by molar-refractivity contribution is 5.05. The molecule has 1 aromatic heterocycles. The van der Waals surface area contributed by atoms with Gasteiger partial charge >= 0.3 is 5.69 Å². The minimum absolute atomic E-state index is 0.112. The lowest BCUT2D eigenvalue weighted by Gasteiger charge is -2.02. The molecule has 2 N–H and O–H groups in total. The predicted molar refractivity (Wildman–Crippen MR) is 59.6 cm³/mol. The average Bonchev–Trinajstić information content (AvgIpc) is 2.81. The zero-order valence-electron chi connectivity index (χ0n) is 9.60. The molecular weight excluding hydrogens is 246 g/mol. The molecule has 2 rings (SSSR count). The number of aromatic nitrogens is 2. The molecule has 0 bridgehead atoms. The molecular formula is C11H14F2N2O3. The summed E-state index contributed by atoms with van der Waals surface area (Å²) in [6, 6.07) is 1.13. The summed E-state index contributed by atoms with van der Waals surface area (Å²) >= 11 is 0. The average molecular weight is 260 g/mol. The van der Waals surface area contributed by atoms with Crippen LogP contribution < -0.4 is 11.2 Å². The first-order chi connectivity index (χ1) is 8.46. The van der Waals surface area contributed by atoms with Crippen LogP contribution >= 0.6 is 0 Å². The number of hydrogen-bond donors (Lipinski definition) is 2. The molecule has 18 heavy (non-hydrogen) atoms. The lowest BCUT2D eigenvalue weighted by molar-refractivity contribution is 0.0787. The third kappa shape index (κ3) is 2.35. The Morgan fingerprint density at radius 1 is 1.39 bits per heavy atom. The normalized spacial score (nSPS) is 25.1. The van der Waals surface area contributed by atoms with Crippen LogP contribution in [0.15, 0.2) is 21.9 Å². The van der Waals surface area contributed by atoms with E-state index >= 15 is 0 Å². The Bertz CT molecular complexity index is 538. The Balaban J connectivity index is 2.06. The van der Waals surface area contributed by atoms with Crippen molar-refractivity contribution < 1.29 is 13.9 Å². The van der Waals surface area contributed by atoms with Crippen LogP contribution in [-0.2, 0) is 6.54 Å². The topological polar surface area (TPSA) is 75.1 Å². The standard InChI is InChI=1S/C11H14F2N2O3/c12-11(13)7(2-1-5-16)8(11)6-15-4-3-9(17)14-10(15)18/h3-4,7-8,16H,1-2,5-6H2,(H,14,17,18)/t7-,8+/m1/s1. The molecule has 1 aliphatic rings. The Morgan fingerprint density at radius 3 is 2.72 bits per heavy atom. The molecule has 100 valence electrons. The molecule has 0 aromatic carbocycles. The number of halogens is 2. The van der Waals surface area contributed by atoms with E-state index in [0.29, 0.717) is 6.42 Å². The maximum atomic E-state index is 13.4. The molecule has 0 amide bonds. The number of H-pyrrole nitrogens is 1. The van der Waals surface area contributed by atoms with Gasteiger partial charge in [0.2, 0.25) is 0 Å². The first-order valence-corrected chi connectivity index (χ1v) is 5.75. The maximum absolute atomic E-state index is 13.4. The fourth-order valence-electron chi connectivity index (χ4n) is 2.21. The number of hydrogen-bond acceptors (Lipinski definition) is 3. The van der Waals surface area contributed by atoms with Gasteiger partial charge in [-0.15, -0.1) is 0 Å². The lowest BCUT2D eigenvalue weighted by Crippen LogP contribution is -2.29. The monoisotopic (exact) mass is 260 g/mol. The van der Waals surface area contributed by atoms with Crippen molar-refractivity contribution in [2.45, 2.75) is 25.3 Å². The van der Waals surface area contributed by atoms with Crippen molar-refractivity contribution in [3.05, 3.63) is 33.1 Å². The highest BCUT2D eigenvalue weighted by Crippen LogP contribution is 2.58. The number of aromatic amines is 1. The van der Waals surface area contributed by atoms with E-state index in [4.69, 9.17) is 5.11 Å². The van der Waals surface area contributed by atoms with Crippen molar-refractivity contribution in [2.24, 2.45) is 11.8 Å². The van der Waals surface area contributed by atoms with Crippen molar-refractivity contribution in [2.75, 3.05) is 6.61 Å². The van der Waals surface area contributed by atoms with Gasteiger partial charge in [0, 0.05) is 37.3 Å². The van der Waals surface area contributed by atoms with E-state index in [9.17, 15) is 18.4 Å². The molecule has 5 nitrogen and oxygen atoms in total. The zero-order chi connectivity index (χ0) is 13.3. The van der Waals surface area contributed by atoms with E-state index < -0.39 is 29.0 Å². The van der Waals surface area contributed by atoms with Gasteiger partial charge in [-0.1, -0.05) is 0 Å². The Morgan fingerprint density at radius 2 is 2.11 bits per heavy atom. The molecule has 1 aromatic rings. The molecule has 7 heteroatoms. The van der Waals surface area contributed by atoms with Crippen LogP contribution in [-0.4, -0.2) is 27.2 Å². The second kappa shape index (κ2) is 4.64. The van der Waals surface area contributed by atoms with Crippen LogP contribution in [0.2, 0.25) is 0 Å². The molecule has 0 saturated heterocycles. The van der Waals surface area contributed by atoms with E-state index in [1.807, 2.05) is 4.98 Å². The van der Waals surface area contributed by atoms with Gasteiger partial charge in [0.25, 0.3) is 11.5 Å². The second-order valence-corrected chi connectivity index (χ2v) is 4.52. The SMILES string of the molecule is O=c1ccn(C[C@H]2[C@@H](CCCO)C2(F)F)c(=O)[nH]1. The lowest BCUT2D eigenvalue weighted by atomic mass is 10.2. The summed E-state index contributed by atoms with van der Waals surface area (Å²) in [5.41, 5.74) is -1.22. The molecule has 0 radical (unpaired) electrons. The van der Waals surface area contributed by atoms with Gasteiger partial charge in [-0.05, 0) is 12.8 Å². The quantitative estimate of drug-likeness (QED) is 0.793. The van der Waals surface area contributed by atoms with Crippen LogP contribution in [0.25, 0.3) is 0 Å². The molecule has 1 heterocycles. The van der Waals surface area contributed by atoms with E-state index in [1.165, 1.54) is 6.20 Å². The third-order valence-electron chi connectivity index (χ3n) is 3.33. The fourth-order valence-corrected chi connectivity index (χ4v) is 2.21. The van der Waals surface area contributed by atoms with Crippen molar-refractivity contribution in [3.63, 3.8) is 0 Å². The number of nitrogens with one attached hydrogen (secondary N) is 1. The smallest absolute Gasteiger partial charge is 0.328 e. The molecule has 0 unspecified atom stereocenters. The Labute approximate surface area is 101 Å². The second-order valence-electron chi connectivity index (χ2n) is 4.52. The van der Waals surface area contributed by atoms with Gasteiger partial charge in [0.15, 0.2) is 0 Å². The highest BCUT2D eigenvalue weighted by Gasteiger charge is 2.67. The summed E-state index contributed by atoms with van der Waals surface area (Å²) in [6.07, 6.45) is 1.79. The number of aliphatic hydroxyl groups excluding tert-OH is 1. The number of rotatable bonds is 5. The van der Waals surface area contributed by atoms with Gasteiger partial charge in [-0.25, -0.2) is 13.6 Å². The molecule has 1 saturated carbocycles. The van der Waals surface area contributed by atoms with Gasteiger partial charge in [-0.2, -0.15) is 0 Å². The first kappa shape index (κ1) is 12.9. The van der Waals surface area contributed by atoms with Gasteiger partial charge in [0.05, 0.1) is 0 Å². The third-order valence-corrected chi connectivity index (χ3v) is 3.33. The number of nitrogens with zero attached hydrogens (tertiary/aromatic N) is 1. The van der Waals surface area contributed by atoms with E-state index in [1.54, 1.807) is 0 Å².